The Kier molecular flexibility index (Phi) is 6.00. The number of aromatic nitrogens is 2. The lowest BCUT2D eigenvalue weighted by molar-refractivity contribution is 0.283. The Morgan fingerprint density at radius 2 is 2.20 bits per heavy atom. The fourth-order valence-corrected chi connectivity index (χ4v) is 3.86. The molecule has 0 aliphatic carbocycles. The SMILES string of the molecule is CC(C)Cn1cnc(S(=O)(=O)N2CCNCC2C)c1.Cl. The van der Waals surface area contributed by atoms with Crippen LogP contribution in [0.3, 0.4) is 0 Å². The van der Waals surface area contributed by atoms with Gasteiger partial charge < -0.3 is 9.88 Å². The van der Waals surface area contributed by atoms with E-state index in [4.69, 9.17) is 0 Å². The van der Waals surface area contributed by atoms with Gasteiger partial charge >= 0.3 is 0 Å². The van der Waals surface area contributed by atoms with Crippen LogP contribution in [0.25, 0.3) is 0 Å². The topological polar surface area (TPSA) is 67.2 Å². The number of hydrogen-bond donors (Lipinski definition) is 1. The van der Waals surface area contributed by atoms with Crippen molar-refractivity contribution in [1.82, 2.24) is 19.2 Å². The molecule has 8 heteroatoms. The summed E-state index contributed by atoms with van der Waals surface area (Å²) in [5.74, 6) is 0.461. The van der Waals surface area contributed by atoms with Crippen molar-refractivity contribution in [3.63, 3.8) is 0 Å². The number of imidazole rings is 1. The zero-order valence-corrected chi connectivity index (χ0v) is 13.7. The van der Waals surface area contributed by atoms with Gasteiger partial charge in [0.05, 0.1) is 6.33 Å². The third-order valence-corrected chi connectivity index (χ3v) is 5.10. The van der Waals surface area contributed by atoms with E-state index in [2.05, 4.69) is 24.1 Å². The summed E-state index contributed by atoms with van der Waals surface area (Å²) in [5, 5.41) is 3.34. The fourth-order valence-electron chi connectivity index (χ4n) is 2.29. The summed E-state index contributed by atoms with van der Waals surface area (Å²) in [6, 6.07) is -0.0333. The van der Waals surface area contributed by atoms with Gasteiger partial charge in [-0.15, -0.1) is 12.4 Å². The average molecular weight is 323 g/mol. The maximum Gasteiger partial charge on any atom is 0.262 e. The Hall–Kier alpha value is -0.630. The van der Waals surface area contributed by atoms with Crippen LogP contribution in [-0.4, -0.2) is 48.0 Å². The molecule has 1 aliphatic heterocycles. The van der Waals surface area contributed by atoms with Gasteiger partial charge in [-0.25, -0.2) is 13.4 Å². The van der Waals surface area contributed by atoms with Crippen LogP contribution in [0.15, 0.2) is 17.6 Å². The minimum absolute atomic E-state index is 0. The van der Waals surface area contributed by atoms with Crippen molar-refractivity contribution in [2.24, 2.45) is 5.92 Å². The van der Waals surface area contributed by atoms with Crippen molar-refractivity contribution in [3.05, 3.63) is 12.5 Å². The van der Waals surface area contributed by atoms with Crippen LogP contribution < -0.4 is 5.32 Å². The molecule has 1 N–H and O–H groups in total. The molecule has 0 saturated carbocycles. The number of nitrogens with one attached hydrogen (secondary N) is 1. The first-order valence-electron chi connectivity index (χ1n) is 6.65. The molecule has 1 unspecified atom stereocenters. The molecule has 0 radical (unpaired) electrons. The minimum atomic E-state index is -3.46. The number of sulfonamides is 1. The minimum Gasteiger partial charge on any atom is -0.336 e. The third kappa shape index (κ3) is 3.72. The smallest absolute Gasteiger partial charge is 0.262 e. The molecular weight excluding hydrogens is 300 g/mol. The van der Waals surface area contributed by atoms with Crippen molar-refractivity contribution in [1.29, 1.82) is 0 Å². The van der Waals surface area contributed by atoms with Gasteiger partial charge in [0.25, 0.3) is 10.0 Å². The molecule has 0 spiro atoms. The summed E-state index contributed by atoms with van der Waals surface area (Å²) >= 11 is 0. The summed E-state index contributed by atoms with van der Waals surface area (Å²) in [6.07, 6.45) is 3.23. The zero-order chi connectivity index (χ0) is 14.0. The predicted octanol–water partition coefficient (Wildman–Crippen LogP) is 0.943. The lowest BCUT2D eigenvalue weighted by Gasteiger charge is -2.32. The number of halogens is 1. The molecule has 0 amide bonds. The average Bonchev–Trinajstić information content (AvgIpc) is 2.77. The van der Waals surface area contributed by atoms with Crippen LogP contribution in [0.4, 0.5) is 0 Å². The highest BCUT2D eigenvalue weighted by Crippen LogP contribution is 2.17. The van der Waals surface area contributed by atoms with E-state index in [1.54, 1.807) is 12.5 Å². The number of piperazine rings is 1. The molecule has 1 aliphatic rings. The Morgan fingerprint density at radius 3 is 2.80 bits per heavy atom. The van der Waals surface area contributed by atoms with Gasteiger partial charge in [0.15, 0.2) is 5.03 Å². The number of hydrogen-bond acceptors (Lipinski definition) is 4. The Morgan fingerprint density at radius 1 is 1.50 bits per heavy atom. The lowest BCUT2D eigenvalue weighted by atomic mass is 10.2. The zero-order valence-electron chi connectivity index (χ0n) is 12.1. The maximum absolute atomic E-state index is 12.5. The van der Waals surface area contributed by atoms with E-state index in [1.807, 2.05) is 11.5 Å². The normalized spacial score (nSPS) is 20.9. The van der Waals surface area contributed by atoms with E-state index in [0.717, 1.165) is 6.54 Å². The lowest BCUT2D eigenvalue weighted by Crippen LogP contribution is -2.52. The van der Waals surface area contributed by atoms with Crippen molar-refractivity contribution < 1.29 is 8.42 Å². The molecule has 1 aromatic rings. The highest BCUT2D eigenvalue weighted by Gasteiger charge is 2.32. The van der Waals surface area contributed by atoms with Crippen LogP contribution in [0.2, 0.25) is 0 Å². The molecule has 1 aromatic heterocycles. The summed E-state index contributed by atoms with van der Waals surface area (Å²) in [4.78, 5) is 4.06. The number of nitrogens with zero attached hydrogens (tertiary/aromatic N) is 3. The first kappa shape index (κ1) is 17.4. The first-order chi connectivity index (χ1) is 8.91. The molecule has 116 valence electrons. The van der Waals surface area contributed by atoms with Crippen LogP contribution in [0.5, 0.6) is 0 Å². The third-order valence-electron chi connectivity index (χ3n) is 3.20. The van der Waals surface area contributed by atoms with E-state index < -0.39 is 10.0 Å². The highest BCUT2D eigenvalue weighted by atomic mass is 35.5. The quantitative estimate of drug-likeness (QED) is 0.896. The van der Waals surface area contributed by atoms with Gasteiger partial charge in [-0.1, -0.05) is 13.8 Å². The Bertz CT molecular complexity index is 529. The number of rotatable bonds is 4. The second-order valence-electron chi connectivity index (χ2n) is 5.47. The van der Waals surface area contributed by atoms with Crippen molar-refractivity contribution in [2.75, 3.05) is 19.6 Å². The second-order valence-corrected chi connectivity index (χ2v) is 7.31. The van der Waals surface area contributed by atoms with Gasteiger partial charge in [0.1, 0.15) is 0 Å². The maximum atomic E-state index is 12.5. The molecule has 0 aromatic carbocycles. The highest BCUT2D eigenvalue weighted by molar-refractivity contribution is 7.89. The first-order valence-corrected chi connectivity index (χ1v) is 8.09. The van der Waals surface area contributed by atoms with E-state index in [0.29, 0.717) is 25.6 Å². The van der Waals surface area contributed by atoms with Crippen molar-refractivity contribution in [3.8, 4) is 0 Å². The monoisotopic (exact) mass is 322 g/mol. The Balaban J connectivity index is 0.00000200. The van der Waals surface area contributed by atoms with Crippen molar-refractivity contribution >= 4 is 22.4 Å². The van der Waals surface area contributed by atoms with Crippen LogP contribution in [0.1, 0.15) is 20.8 Å². The summed E-state index contributed by atoms with van der Waals surface area (Å²) < 4.78 is 28.4. The van der Waals surface area contributed by atoms with Crippen LogP contribution >= 0.6 is 12.4 Å². The largest absolute Gasteiger partial charge is 0.336 e. The fraction of sp³-hybridized carbons (Fsp3) is 0.750. The molecule has 1 fully saturated rings. The van der Waals surface area contributed by atoms with E-state index in [9.17, 15) is 8.42 Å². The van der Waals surface area contributed by atoms with E-state index in [-0.39, 0.29) is 23.5 Å². The molecule has 20 heavy (non-hydrogen) atoms. The molecule has 6 nitrogen and oxygen atoms in total. The molecule has 0 bridgehead atoms. The summed E-state index contributed by atoms with van der Waals surface area (Å²) in [7, 11) is -3.46. The summed E-state index contributed by atoms with van der Waals surface area (Å²) in [6.45, 7) is 8.75. The standard InChI is InChI=1S/C12H22N4O2S.ClH/c1-10(2)7-15-8-12(14-9-15)19(17,18)16-5-4-13-6-11(16)3;/h8-11,13H,4-7H2,1-3H3;1H. The molecule has 1 saturated heterocycles. The van der Waals surface area contributed by atoms with Crippen LogP contribution in [0, 0.1) is 5.92 Å². The van der Waals surface area contributed by atoms with E-state index in [1.165, 1.54) is 4.31 Å². The van der Waals surface area contributed by atoms with E-state index >= 15 is 0 Å². The van der Waals surface area contributed by atoms with Gasteiger partial charge in [-0.2, -0.15) is 4.31 Å². The van der Waals surface area contributed by atoms with Gasteiger partial charge in [-0.3, -0.25) is 0 Å². The molecule has 1 atom stereocenters. The van der Waals surface area contributed by atoms with Gasteiger partial charge in [-0.05, 0) is 12.8 Å². The van der Waals surface area contributed by atoms with Gasteiger partial charge in [0, 0.05) is 38.4 Å². The van der Waals surface area contributed by atoms with Crippen LogP contribution in [-0.2, 0) is 16.6 Å². The molecule has 2 heterocycles. The van der Waals surface area contributed by atoms with Crippen molar-refractivity contribution in [2.45, 2.75) is 38.4 Å². The molecular formula is C12H23ClN4O2S. The molecule has 2 rings (SSSR count). The Labute approximate surface area is 127 Å². The second kappa shape index (κ2) is 6.89. The van der Waals surface area contributed by atoms with Gasteiger partial charge in [0.2, 0.25) is 0 Å². The predicted molar refractivity (Wildman–Crippen MR) is 80.5 cm³/mol. The summed E-state index contributed by atoms with van der Waals surface area (Å²) in [5.41, 5.74) is 0.